The molecule has 10 heavy (non-hydrogen) atoms. The molecule has 1 unspecified atom stereocenters. The molecule has 0 aromatic carbocycles. The molecule has 2 heteroatoms. The van der Waals surface area contributed by atoms with E-state index >= 15 is 0 Å². The van der Waals surface area contributed by atoms with E-state index in [9.17, 15) is 0 Å². The molecular formula is C8H18N2. The lowest BCUT2D eigenvalue weighted by molar-refractivity contribution is 0.293. The van der Waals surface area contributed by atoms with E-state index in [1.165, 1.54) is 6.54 Å². The Morgan fingerprint density at radius 3 is 2.20 bits per heavy atom. The summed E-state index contributed by atoms with van der Waals surface area (Å²) in [7, 11) is 2.15. The highest BCUT2D eigenvalue weighted by molar-refractivity contribution is 4.86. The highest BCUT2D eigenvalue weighted by Crippen LogP contribution is 2.21. The monoisotopic (exact) mass is 142 g/mol. The molecule has 1 rings (SSSR count). The summed E-state index contributed by atoms with van der Waals surface area (Å²) in [4.78, 5) is 2.32. The molecule has 0 saturated carbocycles. The molecule has 1 saturated heterocycles. The third kappa shape index (κ3) is 1.70. The quantitative estimate of drug-likeness (QED) is 0.540. The summed E-state index contributed by atoms with van der Waals surface area (Å²) in [5.41, 5.74) is 0.408. The number of hydrogen-bond acceptors (Lipinski definition) is 2. The van der Waals surface area contributed by atoms with E-state index in [0.29, 0.717) is 11.5 Å². The Morgan fingerprint density at radius 1 is 1.40 bits per heavy atom. The van der Waals surface area contributed by atoms with Gasteiger partial charge in [-0.3, -0.25) is 10.2 Å². The van der Waals surface area contributed by atoms with Gasteiger partial charge in [0.1, 0.15) is 0 Å². The molecule has 1 aliphatic rings. The van der Waals surface area contributed by atoms with Crippen molar-refractivity contribution in [2.75, 3.05) is 20.3 Å². The normalized spacial score (nSPS) is 29.4. The first-order chi connectivity index (χ1) is 4.50. The number of likely N-dealkylation sites (N-methyl/N-ethyl adjacent to an activating group) is 1. The zero-order valence-electron chi connectivity index (χ0n) is 7.44. The van der Waals surface area contributed by atoms with Crippen molar-refractivity contribution in [2.24, 2.45) is 5.41 Å². The minimum absolute atomic E-state index is 0.408. The van der Waals surface area contributed by atoms with Crippen molar-refractivity contribution in [3.63, 3.8) is 0 Å². The van der Waals surface area contributed by atoms with Gasteiger partial charge in [-0.1, -0.05) is 20.8 Å². The highest BCUT2D eigenvalue weighted by atomic mass is 15.3. The Balaban J connectivity index is 2.45. The average Bonchev–Trinajstić information content (AvgIpc) is 2.11. The van der Waals surface area contributed by atoms with E-state index in [1.807, 2.05) is 0 Å². The average molecular weight is 142 g/mol. The van der Waals surface area contributed by atoms with Crippen molar-refractivity contribution in [3.05, 3.63) is 0 Å². The lowest BCUT2D eigenvalue weighted by Gasteiger charge is -2.26. The van der Waals surface area contributed by atoms with Gasteiger partial charge in [-0.05, 0) is 12.5 Å². The van der Waals surface area contributed by atoms with Gasteiger partial charge >= 0.3 is 0 Å². The van der Waals surface area contributed by atoms with E-state index < -0.39 is 0 Å². The predicted octanol–water partition coefficient (Wildman–Crippen LogP) is 0.894. The molecule has 2 nitrogen and oxygen atoms in total. The number of hydrogen-bond donors (Lipinski definition) is 1. The smallest absolute Gasteiger partial charge is 0.0481 e. The van der Waals surface area contributed by atoms with Crippen LogP contribution in [0.25, 0.3) is 0 Å². The van der Waals surface area contributed by atoms with E-state index in [4.69, 9.17) is 0 Å². The summed E-state index contributed by atoms with van der Waals surface area (Å²) in [6.45, 7) is 9.07. The van der Waals surface area contributed by atoms with Crippen LogP contribution in [-0.2, 0) is 0 Å². The fourth-order valence-corrected chi connectivity index (χ4v) is 1.29. The molecule has 0 spiro atoms. The standard InChI is InChI=1S/C8H18N2/c1-8(2,3)7-5-10(4)6-9-7/h7,9H,5-6H2,1-4H3. The maximum atomic E-state index is 3.47. The first-order valence-electron chi connectivity index (χ1n) is 3.92. The van der Waals surface area contributed by atoms with Crippen molar-refractivity contribution >= 4 is 0 Å². The largest absolute Gasteiger partial charge is 0.300 e. The van der Waals surface area contributed by atoms with Gasteiger partial charge in [0.2, 0.25) is 0 Å². The molecule has 1 atom stereocenters. The van der Waals surface area contributed by atoms with Gasteiger partial charge in [0.15, 0.2) is 0 Å². The molecule has 1 N–H and O–H groups in total. The summed E-state index contributed by atoms with van der Waals surface area (Å²) in [5.74, 6) is 0. The molecule has 1 heterocycles. The number of nitrogens with zero attached hydrogens (tertiary/aromatic N) is 1. The van der Waals surface area contributed by atoms with Crippen LogP contribution in [0.1, 0.15) is 20.8 Å². The van der Waals surface area contributed by atoms with Gasteiger partial charge in [-0.2, -0.15) is 0 Å². The van der Waals surface area contributed by atoms with E-state index in [-0.39, 0.29) is 0 Å². The Kier molecular flexibility index (Phi) is 2.02. The van der Waals surface area contributed by atoms with Crippen LogP contribution < -0.4 is 5.32 Å². The molecule has 0 aromatic rings. The van der Waals surface area contributed by atoms with Crippen LogP contribution in [0.5, 0.6) is 0 Å². The lowest BCUT2D eigenvalue weighted by Crippen LogP contribution is -2.37. The van der Waals surface area contributed by atoms with Crippen LogP contribution in [0, 0.1) is 5.41 Å². The Morgan fingerprint density at radius 2 is 2.00 bits per heavy atom. The van der Waals surface area contributed by atoms with E-state index in [0.717, 1.165) is 6.67 Å². The zero-order chi connectivity index (χ0) is 7.78. The fourth-order valence-electron chi connectivity index (χ4n) is 1.29. The Labute approximate surface area is 63.6 Å². The molecular weight excluding hydrogens is 124 g/mol. The number of nitrogens with one attached hydrogen (secondary N) is 1. The minimum atomic E-state index is 0.408. The molecule has 0 bridgehead atoms. The summed E-state index contributed by atoms with van der Waals surface area (Å²) in [5, 5.41) is 3.47. The van der Waals surface area contributed by atoms with Crippen LogP contribution in [0.2, 0.25) is 0 Å². The summed E-state index contributed by atoms with van der Waals surface area (Å²) in [6, 6.07) is 0.664. The van der Waals surface area contributed by atoms with E-state index in [2.05, 4.69) is 38.0 Å². The second-order valence-electron chi connectivity index (χ2n) is 4.32. The van der Waals surface area contributed by atoms with Crippen molar-refractivity contribution in [1.82, 2.24) is 10.2 Å². The van der Waals surface area contributed by atoms with Crippen molar-refractivity contribution in [2.45, 2.75) is 26.8 Å². The van der Waals surface area contributed by atoms with Crippen LogP contribution >= 0.6 is 0 Å². The summed E-state index contributed by atoms with van der Waals surface area (Å²) in [6.07, 6.45) is 0. The highest BCUT2D eigenvalue weighted by Gasteiger charge is 2.29. The first kappa shape index (κ1) is 8.02. The van der Waals surface area contributed by atoms with Gasteiger partial charge in [0, 0.05) is 19.3 Å². The van der Waals surface area contributed by atoms with Gasteiger partial charge in [-0.15, -0.1) is 0 Å². The third-order valence-corrected chi connectivity index (χ3v) is 2.15. The van der Waals surface area contributed by atoms with Crippen LogP contribution in [-0.4, -0.2) is 31.2 Å². The number of rotatable bonds is 0. The van der Waals surface area contributed by atoms with Crippen LogP contribution in [0.15, 0.2) is 0 Å². The fraction of sp³-hybridized carbons (Fsp3) is 1.00. The molecule has 1 fully saturated rings. The summed E-state index contributed by atoms with van der Waals surface area (Å²) >= 11 is 0. The SMILES string of the molecule is CN1CNC(C(C)(C)C)C1. The van der Waals surface area contributed by atoms with Gasteiger partial charge in [0.25, 0.3) is 0 Å². The second-order valence-corrected chi connectivity index (χ2v) is 4.32. The van der Waals surface area contributed by atoms with Gasteiger partial charge in [0.05, 0.1) is 0 Å². The Bertz CT molecular complexity index is 115. The minimum Gasteiger partial charge on any atom is -0.300 e. The van der Waals surface area contributed by atoms with Crippen LogP contribution in [0.3, 0.4) is 0 Å². The zero-order valence-corrected chi connectivity index (χ0v) is 7.44. The van der Waals surface area contributed by atoms with Gasteiger partial charge < -0.3 is 0 Å². The molecule has 0 radical (unpaired) electrons. The molecule has 1 aliphatic heterocycles. The third-order valence-electron chi connectivity index (χ3n) is 2.15. The molecule has 60 valence electrons. The van der Waals surface area contributed by atoms with Crippen molar-refractivity contribution in [3.8, 4) is 0 Å². The lowest BCUT2D eigenvalue weighted by atomic mass is 9.87. The first-order valence-corrected chi connectivity index (χ1v) is 3.92. The molecule has 0 amide bonds. The Hall–Kier alpha value is -0.0800. The summed E-state index contributed by atoms with van der Waals surface area (Å²) < 4.78 is 0. The van der Waals surface area contributed by atoms with E-state index in [1.54, 1.807) is 0 Å². The predicted molar refractivity (Wildman–Crippen MR) is 43.9 cm³/mol. The molecule has 0 aromatic heterocycles. The second kappa shape index (κ2) is 2.51. The van der Waals surface area contributed by atoms with Crippen molar-refractivity contribution in [1.29, 1.82) is 0 Å². The van der Waals surface area contributed by atoms with Crippen LogP contribution in [0.4, 0.5) is 0 Å². The van der Waals surface area contributed by atoms with Crippen molar-refractivity contribution < 1.29 is 0 Å². The maximum absolute atomic E-state index is 3.47. The van der Waals surface area contributed by atoms with Gasteiger partial charge in [-0.25, -0.2) is 0 Å². The molecule has 0 aliphatic carbocycles. The topological polar surface area (TPSA) is 15.3 Å². The maximum Gasteiger partial charge on any atom is 0.0481 e.